The van der Waals surface area contributed by atoms with Crippen LogP contribution in [0.15, 0.2) is 36.4 Å². The number of hydrogen-bond acceptors (Lipinski definition) is 11. The van der Waals surface area contributed by atoms with Crippen LogP contribution in [0.25, 0.3) is 0 Å². The first-order valence-electron chi connectivity index (χ1n) is 10.3. The van der Waals surface area contributed by atoms with Gasteiger partial charge >= 0.3 is 0 Å². The average Bonchev–Trinajstić information content (AvgIpc) is 3.47. The Morgan fingerprint density at radius 1 is 0.824 bits per heavy atom. The van der Waals surface area contributed by atoms with E-state index in [0.717, 1.165) is 0 Å². The second-order valence-corrected chi connectivity index (χ2v) is 10.3. The molecule has 0 radical (unpaired) electrons. The van der Waals surface area contributed by atoms with Crippen molar-refractivity contribution < 1.29 is 33.9 Å². The van der Waals surface area contributed by atoms with E-state index in [4.69, 9.17) is 18.9 Å². The smallest absolute Gasteiger partial charge is 0.231 e. The van der Waals surface area contributed by atoms with Gasteiger partial charge in [-0.15, -0.1) is 23.5 Å². The SMILES string of the molecule is O=[N+]([O-])CC(SCC(CO)SC(C[N+](=O)[O-])c1ccc2c(c1)OCO2)c1ccc2c(c1)OCO2. The van der Waals surface area contributed by atoms with Crippen molar-refractivity contribution in [3.8, 4) is 23.0 Å². The van der Waals surface area contributed by atoms with Crippen molar-refractivity contribution in [2.75, 3.05) is 39.0 Å². The van der Waals surface area contributed by atoms with Crippen LogP contribution in [0.3, 0.4) is 0 Å². The predicted octanol–water partition coefficient (Wildman–Crippen LogP) is 3.31. The summed E-state index contributed by atoms with van der Waals surface area (Å²) < 4.78 is 21.4. The van der Waals surface area contributed by atoms with Gasteiger partial charge in [0, 0.05) is 20.8 Å². The van der Waals surface area contributed by atoms with E-state index >= 15 is 0 Å². The number of aliphatic hydroxyl groups excluding tert-OH is 1. The Morgan fingerprint density at radius 2 is 1.32 bits per heavy atom. The average molecular weight is 511 g/mol. The molecule has 11 nitrogen and oxygen atoms in total. The lowest BCUT2D eigenvalue weighted by atomic mass is 10.1. The van der Waals surface area contributed by atoms with Crippen LogP contribution < -0.4 is 18.9 Å². The maximum atomic E-state index is 11.3. The number of aliphatic hydroxyl groups is 1. The molecule has 2 aromatic rings. The van der Waals surface area contributed by atoms with Crippen molar-refractivity contribution in [1.82, 2.24) is 0 Å². The number of thioether (sulfide) groups is 2. The topological polar surface area (TPSA) is 143 Å². The van der Waals surface area contributed by atoms with Gasteiger partial charge in [0.25, 0.3) is 0 Å². The first-order chi connectivity index (χ1) is 16.4. The molecule has 182 valence electrons. The van der Waals surface area contributed by atoms with Crippen molar-refractivity contribution >= 4 is 23.5 Å². The molecule has 0 fully saturated rings. The molecule has 34 heavy (non-hydrogen) atoms. The number of fused-ring (bicyclic) bond motifs is 2. The molecule has 2 aliphatic heterocycles. The Balaban J connectivity index is 1.46. The summed E-state index contributed by atoms with van der Waals surface area (Å²) in [5, 5.41) is 31.2. The van der Waals surface area contributed by atoms with E-state index in [1.165, 1.54) is 23.5 Å². The Morgan fingerprint density at radius 3 is 1.85 bits per heavy atom. The molecule has 2 heterocycles. The van der Waals surface area contributed by atoms with E-state index in [9.17, 15) is 25.3 Å². The highest BCUT2D eigenvalue weighted by Crippen LogP contribution is 2.42. The molecule has 13 heteroatoms. The molecule has 1 N–H and O–H groups in total. The van der Waals surface area contributed by atoms with Gasteiger partial charge in [-0.25, -0.2) is 0 Å². The minimum Gasteiger partial charge on any atom is -0.454 e. The number of rotatable bonds is 12. The summed E-state index contributed by atoms with van der Waals surface area (Å²) in [5.74, 6) is 2.58. The number of hydrogen-bond donors (Lipinski definition) is 1. The van der Waals surface area contributed by atoms with Gasteiger partial charge in [0.1, 0.15) is 0 Å². The maximum absolute atomic E-state index is 11.3. The summed E-state index contributed by atoms with van der Waals surface area (Å²) in [5.41, 5.74) is 1.40. The fraction of sp³-hybridized carbons (Fsp3) is 0.429. The number of benzene rings is 2. The second kappa shape index (κ2) is 11.0. The number of ether oxygens (including phenoxy) is 4. The highest BCUT2D eigenvalue weighted by molar-refractivity contribution is 8.03. The zero-order valence-electron chi connectivity index (χ0n) is 17.9. The summed E-state index contributed by atoms with van der Waals surface area (Å²) >= 11 is 2.59. The summed E-state index contributed by atoms with van der Waals surface area (Å²) in [6.45, 7) is -0.686. The minimum atomic E-state index is -0.540. The Labute approximate surface area is 203 Å². The third-order valence-electron chi connectivity index (χ3n) is 5.21. The standard InChI is InChI=1S/C21H22N2O9S2/c24-9-15(34-21(8-23(27)28)14-2-4-17-19(6-14)32-12-30-17)10-33-20(7-22(25)26)13-1-3-16-18(5-13)31-11-29-16/h1-6,15,20-21,24H,7-12H2. The molecular formula is C21H22N2O9S2. The first kappa shape index (κ1) is 24.2. The van der Waals surface area contributed by atoms with Crippen molar-refractivity contribution in [2.24, 2.45) is 0 Å². The van der Waals surface area contributed by atoms with Crippen LogP contribution in [0.5, 0.6) is 23.0 Å². The van der Waals surface area contributed by atoms with Crippen LogP contribution in [0.2, 0.25) is 0 Å². The first-order valence-corrected chi connectivity index (χ1v) is 12.3. The van der Waals surface area contributed by atoms with Gasteiger partial charge in [0.2, 0.25) is 26.7 Å². The largest absolute Gasteiger partial charge is 0.454 e. The third kappa shape index (κ3) is 5.96. The molecule has 2 aromatic carbocycles. The molecule has 3 atom stereocenters. The molecule has 0 spiro atoms. The lowest BCUT2D eigenvalue weighted by Crippen LogP contribution is -2.20. The molecule has 0 aliphatic carbocycles. The molecule has 0 saturated carbocycles. The van der Waals surface area contributed by atoms with Gasteiger partial charge in [-0.2, -0.15) is 0 Å². The predicted molar refractivity (Wildman–Crippen MR) is 125 cm³/mol. The van der Waals surface area contributed by atoms with Crippen LogP contribution >= 0.6 is 23.5 Å². The van der Waals surface area contributed by atoms with Crippen LogP contribution in [-0.2, 0) is 0 Å². The lowest BCUT2D eigenvalue weighted by Gasteiger charge is -2.22. The van der Waals surface area contributed by atoms with Crippen molar-refractivity contribution in [2.45, 2.75) is 15.7 Å². The lowest BCUT2D eigenvalue weighted by molar-refractivity contribution is -0.479. The van der Waals surface area contributed by atoms with Crippen molar-refractivity contribution in [3.63, 3.8) is 0 Å². The molecule has 2 aliphatic rings. The van der Waals surface area contributed by atoms with E-state index in [-0.39, 0.29) is 43.5 Å². The van der Waals surface area contributed by atoms with E-state index < -0.39 is 15.4 Å². The summed E-state index contributed by atoms with van der Waals surface area (Å²) in [6.07, 6.45) is 0. The Hall–Kier alpha value is -2.90. The van der Waals surface area contributed by atoms with E-state index in [1.54, 1.807) is 36.4 Å². The monoisotopic (exact) mass is 510 g/mol. The molecule has 3 unspecified atom stereocenters. The number of nitrogens with zero attached hydrogens (tertiary/aromatic N) is 2. The van der Waals surface area contributed by atoms with Gasteiger partial charge in [-0.05, 0) is 35.4 Å². The van der Waals surface area contributed by atoms with Gasteiger partial charge < -0.3 is 24.1 Å². The number of nitro groups is 2. The van der Waals surface area contributed by atoms with Gasteiger partial charge in [0.05, 0.1) is 17.1 Å². The van der Waals surface area contributed by atoms with Gasteiger partial charge in [-0.1, -0.05) is 12.1 Å². The molecule has 4 rings (SSSR count). The van der Waals surface area contributed by atoms with Gasteiger partial charge in [-0.3, -0.25) is 20.2 Å². The van der Waals surface area contributed by atoms with Crippen molar-refractivity contribution in [1.29, 1.82) is 0 Å². The quantitative estimate of drug-likeness (QED) is 0.332. The minimum absolute atomic E-state index is 0.0967. The second-order valence-electron chi connectivity index (χ2n) is 7.51. The molecule has 0 aromatic heterocycles. The van der Waals surface area contributed by atoms with Crippen LogP contribution in [0.1, 0.15) is 21.6 Å². The zero-order valence-corrected chi connectivity index (χ0v) is 19.5. The summed E-state index contributed by atoms with van der Waals surface area (Å²) in [4.78, 5) is 21.8. The highest BCUT2D eigenvalue weighted by atomic mass is 32.2. The summed E-state index contributed by atoms with van der Waals surface area (Å²) in [6, 6.07) is 10.4. The normalized spacial score (nSPS) is 16.1. The molecule has 0 saturated heterocycles. The van der Waals surface area contributed by atoms with Crippen LogP contribution in [0, 0.1) is 20.2 Å². The molecule has 0 bridgehead atoms. The van der Waals surface area contributed by atoms with Crippen molar-refractivity contribution in [3.05, 3.63) is 67.8 Å². The van der Waals surface area contributed by atoms with Gasteiger partial charge in [0.15, 0.2) is 23.0 Å². The zero-order chi connectivity index (χ0) is 24.1. The fourth-order valence-corrected chi connectivity index (χ4v) is 6.30. The Kier molecular flexibility index (Phi) is 7.85. The van der Waals surface area contributed by atoms with E-state index in [0.29, 0.717) is 39.9 Å². The van der Waals surface area contributed by atoms with Crippen LogP contribution in [-0.4, -0.2) is 59.2 Å². The Bertz CT molecular complexity index is 1050. The maximum Gasteiger partial charge on any atom is 0.231 e. The van der Waals surface area contributed by atoms with E-state index in [1.807, 2.05) is 0 Å². The molecular weight excluding hydrogens is 488 g/mol. The van der Waals surface area contributed by atoms with E-state index in [2.05, 4.69) is 0 Å². The van der Waals surface area contributed by atoms with Crippen LogP contribution in [0.4, 0.5) is 0 Å². The third-order valence-corrected chi connectivity index (χ3v) is 8.29. The fourth-order valence-electron chi connectivity index (χ4n) is 3.57. The molecule has 0 amide bonds. The highest BCUT2D eigenvalue weighted by Gasteiger charge is 2.28. The summed E-state index contributed by atoms with van der Waals surface area (Å²) in [7, 11) is 0.